The van der Waals surface area contributed by atoms with Gasteiger partial charge in [0.25, 0.3) is 5.91 Å². The third-order valence-corrected chi connectivity index (χ3v) is 12.1. The third-order valence-electron chi connectivity index (χ3n) is 9.70. The summed E-state index contributed by atoms with van der Waals surface area (Å²) < 4.78 is 39.7. The zero-order chi connectivity index (χ0) is 33.5. The normalized spacial score (nSPS) is 27.2. The molecule has 48 heavy (non-hydrogen) atoms. The van der Waals surface area contributed by atoms with Gasteiger partial charge in [0, 0.05) is 41.7 Å². The van der Waals surface area contributed by atoms with Crippen molar-refractivity contribution >= 4 is 50.0 Å². The van der Waals surface area contributed by atoms with E-state index in [0.717, 1.165) is 31.1 Å². The minimum atomic E-state index is -3.82. The lowest BCUT2D eigenvalue weighted by molar-refractivity contribution is -0.139. The fourth-order valence-corrected chi connectivity index (χ4v) is 8.63. The number of hydrogen-bond acceptors (Lipinski definition) is 10. The molecular weight excluding hydrogens is 655 g/mol. The molecule has 4 aliphatic rings. The number of carbonyl (C=O) groups is 3. The molecule has 4 atom stereocenters. The molecule has 3 aromatic rings. The van der Waals surface area contributed by atoms with Gasteiger partial charge in [-0.1, -0.05) is 25.0 Å². The molecule has 1 aromatic carbocycles. The molecule has 1 saturated heterocycles. The maximum Gasteiger partial charge on any atom is 0.259 e. The van der Waals surface area contributed by atoms with E-state index in [0.29, 0.717) is 54.1 Å². The second-order valence-corrected chi connectivity index (χ2v) is 15.8. The molecule has 4 unspecified atom stereocenters. The van der Waals surface area contributed by atoms with Crippen LogP contribution in [0.4, 0.5) is 0 Å². The van der Waals surface area contributed by atoms with E-state index in [9.17, 15) is 22.8 Å². The summed E-state index contributed by atoms with van der Waals surface area (Å²) in [7, 11) is -2.23. The highest BCUT2D eigenvalue weighted by Gasteiger charge is 2.62. The van der Waals surface area contributed by atoms with Gasteiger partial charge in [0.15, 0.2) is 0 Å². The van der Waals surface area contributed by atoms with Gasteiger partial charge in [-0.2, -0.15) is 0 Å². The number of ether oxygens (including phenoxy) is 2. The number of nitrogens with zero attached hydrogens (tertiary/aromatic N) is 3. The van der Waals surface area contributed by atoms with E-state index in [1.54, 1.807) is 17.5 Å². The van der Waals surface area contributed by atoms with Crippen LogP contribution in [0.25, 0.3) is 22.3 Å². The van der Waals surface area contributed by atoms with Gasteiger partial charge >= 0.3 is 0 Å². The van der Waals surface area contributed by atoms with E-state index in [1.807, 2.05) is 41.8 Å². The maximum atomic E-state index is 14.1. The topological polar surface area (TPSA) is 157 Å². The molecule has 2 aliphatic heterocycles. The maximum absolute atomic E-state index is 14.1. The van der Waals surface area contributed by atoms with Crippen molar-refractivity contribution in [3.63, 3.8) is 0 Å². The van der Waals surface area contributed by atoms with Crippen molar-refractivity contribution in [2.24, 2.45) is 5.92 Å². The van der Waals surface area contributed by atoms with Gasteiger partial charge in [-0.25, -0.2) is 18.4 Å². The molecule has 2 N–H and O–H groups in total. The van der Waals surface area contributed by atoms with Gasteiger partial charge in [-0.05, 0) is 50.7 Å². The second-order valence-electron chi connectivity index (χ2n) is 13.1. The zero-order valence-electron chi connectivity index (χ0n) is 26.7. The molecule has 0 spiro atoms. The molecule has 7 rings (SSSR count). The summed E-state index contributed by atoms with van der Waals surface area (Å²) in [4.78, 5) is 52.0. The Hall–Kier alpha value is -4.04. The SMILES string of the molecule is COc1ccc2c(OC3CC4C(=O)NC5(C(=O)NS(=O)(=O)C6CC6)CC5/C=C\CCCCCCC(=O)N4C3)cc(-c3cscn3)nc2c1. The van der Waals surface area contributed by atoms with E-state index < -0.39 is 44.8 Å². The van der Waals surface area contributed by atoms with E-state index in [4.69, 9.17) is 14.5 Å². The molecule has 3 fully saturated rings. The number of fused-ring (bicyclic) bond motifs is 3. The van der Waals surface area contributed by atoms with Crippen molar-refractivity contribution in [2.75, 3.05) is 13.7 Å². The minimum Gasteiger partial charge on any atom is -0.497 e. The second kappa shape index (κ2) is 13.1. The molecule has 2 aromatic heterocycles. The highest BCUT2D eigenvalue weighted by Crippen LogP contribution is 2.46. The molecule has 0 radical (unpaired) electrons. The lowest BCUT2D eigenvalue weighted by Crippen LogP contribution is -2.56. The number of aromatic nitrogens is 2. The number of pyridine rings is 1. The van der Waals surface area contributed by atoms with Crippen LogP contribution >= 0.6 is 11.3 Å². The van der Waals surface area contributed by atoms with Crippen molar-refractivity contribution in [3.8, 4) is 22.9 Å². The number of benzene rings is 1. The smallest absolute Gasteiger partial charge is 0.259 e. The Bertz CT molecular complexity index is 1860. The highest BCUT2D eigenvalue weighted by atomic mass is 32.2. The molecule has 2 saturated carbocycles. The number of carbonyl (C=O) groups excluding carboxylic acids is 3. The van der Waals surface area contributed by atoms with Crippen LogP contribution in [-0.2, 0) is 24.4 Å². The molecule has 12 nitrogen and oxygen atoms in total. The summed E-state index contributed by atoms with van der Waals surface area (Å²) in [6, 6.07) is 6.44. The van der Waals surface area contributed by atoms with Crippen LogP contribution in [0.3, 0.4) is 0 Å². The predicted octanol–water partition coefficient (Wildman–Crippen LogP) is 4.11. The van der Waals surface area contributed by atoms with E-state index in [1.165, 1.54) is 11.3 Å². The van der Waals surface area contributed by atoms with Crippen molar-refractivity contribution in [3.05, 3.63) is 47.3 Å². The number of amides is 3. The summed E-state index contributed by atoms with van der Waals surface area (Å²) in [6.45, 7) is 0.182. The molecule has 3 amide bonds. The average molecular weight is 694 g/mol. The van der Waals surface area contributed by atoms with Crippen molar-refractivity contribution in [1.82, 2.24) is 24.9 Å². The number of methoxy groups -OCH3 is 1. The zero-order valence-corrected chi connectivity index (χ0v) is 28.4. The van der Waals surface area contributed by atoms with Crippen LogP contribution in [0.1, 0.15) is 64.2 Å². The van der Waals surface area contributed by atoms with Crippen molar-refractivity contribution < 1.29 is 32.3 Å². The van der Waals surface area contributed by atoms with Gasteiger partial charge in [-0.3, -0.25) is 19.1 Å². The van der Waals surface area contributed by atoms with Gasteiger partial charge < -0.3 is 19.7 Å². The van der Waals surface area contributed by atoms with Gasteiger partial charge in [0.05, 0.1) is 41.3 Å². The standard InChI is InChI=1S/C34H39N5O7S2/c1-45-22-10-13-25-26(14-22)36-27(28-19-47-20-35-28)16-30(25)46-23-15-29-32(41)37-34(33(42)38-48(43,44)24-11-12-24)17-21(34)8-6-4-2-3-5-7-9-31(40)39(29)18-23/h6,8,10,13-14,16,19-21,23-24,29H,2-5,7,9,11-12,15,17-18H2,1H3,(H,37,41)(H,38,42)/b8-6-. The predicted molar refractivity (Wildman–Crippen MR) is 180 cm³/mol. The number of allylic oxidation sites excluding steroid dienone is 1. The number of thiazole rings is 1. The fraction of sp³-hybridized carbons (Fsp3) is 0.500. The summed E-state index contributed by atoms with van der Waals surface area (Å²) >= 11 is 1.46. The summed E-state index contributed by atoms with van der Waals surface area (Å²) in [6.07, 6.45) is 9.50. The quantitative estimate of drug-likeness (QED) is 0.348. The largest absolute Gasteiger partial charge is 0.497 e. The van der Waals surface area contributed by atoms with Crippen LogP contribution in [0.5, 0.6) is 11.5 Å². The van der Waals surface area contributed by atoms with Crippen molar-refractivity contribution in [2.45, 2.75) is 87.1 Å². The first-order chi connectivity index (χ1) is 23.2. The van der Waals surface area contributed by atoms with Gasteiger partial charge in [-0.15, -0.1) is 11.3 Å². The Balaban J connectivity index is 1.17. The first-order valence-corrected chi connectivity index (χ1v) is 19.0. The molecule has 0 bridgehead atoms. The first-order valence-electron chi connectivity index (χ1n) is 16.5. The van der Waals surface area contributed by atoms with E-state index >= 15 is 0 Å². The first kappa shape index (κ1) is 32.5. The Morgan fingerprint density at radius 1 is 1.12 bits per heavy atom. The van der Waals surface area contributed by atoms with Gasteiger partial charge in [0.2, 0.25) is 21.8 Å². The van der Waals surface area contributed by atoms with Crippen molar-refractivity contribution in [1.29, 1.82) is 0 Å². The average Bonchev–Trinajstić information content (AvgIpc) is 3.93. The number of nitrogens with one attached hydrogen (secondary N) is 2. The van der Waals surface area contributed by atoms with Crippen LogP contribution in [0.2, 0.25) is 0 Å². The Labute approximate surface area is 283 Å². The number of rotatable bonds is 7. The molecule has 4 heterocycles. The lowest BCUT2D eigenvalue weighted by Gasteiger charge is -2.26. The molecule has 254 valence electrons. The third kappa shape index (κ3) is 6.64. The van der Waals surface area contributed by atoms with Crippen LogP contribution in [0, 0.1) is 5.92 Å². The fourth-order valence-electron chi connectivity index (χ4n) is 6.72. The summed E-state index contributed by atoms with van der Waals surface area (Å²) in [5, 5.41) is 4.98. The number of sulfonamides is 1. The monoisotopic (exact) mass is 693 g/mol. The van der Waals surface area contributed by atoms with Crippen LogP contribution < -0.4 is 19.5 Å². The van der Waals surface area contributed by atoms with Gasteiger partial charge in [0.1, 0.15) is 29.2 Å². The molecule has 14 heteroatoms. The number of hydrogen-bond donors (Lipinski definition) is 2. The summed E-state index contributed by atoms with van der Waals surface area (Å²) in [5.74, 6) is -0.529. The van der Waals surface area contributed by atoms with E-state index in [2.05, 4.69) is 15.0 Å². The minimum absolute atomic E-state index is 0.149. The Kier molecular flexibility index (Phi) is 8.88. The van der Waals surface area contributed by atoms with Crippen LogP contribution in [0.15, 0.2) is 47.3 Å². The molecular formula is C34H39N5O7S2. The van der Waals surface area contributed by atoms with Crippen LogP contribution in [-0.4, -0.2) is 77.6 Å². The highest BCUT2D eigenvalue weighted by molar-refractivity contribution is 7.91. The lowest BCUT2D eigenvalue weighted by atomic mass is 10.1. The summed E-state index contributed by atoms with van der Waals surface area (Å²) in [5.41, 5.74) is 2.30. The molecule has 2 aliphatic carbocycles. The Morgan fingerprint density at radius 2 is 1.96 bits per heavy atom. The van der Waals surface area contributed by atoms with E-state index in [-0.39, 0.29) is 31.2 Å². The Morgan fingerprint density at radius 3 is 2.73 bits per heavy atom.